The number of alkyl halides is 1. The molecule has 0 aromatic rings. The summed E-state index contributed by atoms with van der Waals surface area (Å²) in [7, 11) is 0. The van der Waals surface area contributed by atoms with E-state index in [1.165, 1.54) is 37.0 Å². The molecular formula is C8H15BrNO+. The van der Waals surface area contributed by atoms with Crippen molar-refractivity contribution in [2.24, 2.45) is 0 Å². The Morgan fingerprint density at radius 3 is 2.64 bits per heavy atom. The minimum atomic E-state index is 0.480. The van der Waals surface area contributed by atoms with Crippen molar-refractivity contribution >= 4 is 15.9 Å². The molecule has 2 aliphatic rings. The normalized spacial score (nSPS) is 35.2. The van der Waals surface area contributed by atoms with Crippen LogP contribution in [0.25, 0.3) is 0 Å². The molecule has 0 amide bonds. The fraction of sp³-hybridized carbons (Fsp3) is 1.00. The molecule has 2 aliphatic heterocycles. The van der Waals surface area contributed by atoms with Gasteiger partial charge in [0.15, 0.2) is 6.73 Å². The molecule has 1 unspecified atom stereocenters. The third-order valence-corrected chi connectivity index (χ3v) is 3.58. The maximum absolute atomic E-state index is 5.67. The molecule has 1 spiro atoms. The number of hydrogen-bond acceptors (Lipinski definition) is 1. The van der Waals surface area contributed by atoms with Crippen LogP contribution in [0.3, 0.4) is 0 Å². The molecule has 64 valence electrons. The van der Waals surface area contributed by atoms with E-state index in [0.29, 0.717) is 6.10 Å². The van der Waals surface area contributed by atoms with Crippen LogP contribution in [0.15, 0.2) is 0 Å². The van der Waals surface area contributed by atoms with Crippen molar-refractivity contribution in [3.05, 3.63) is 0 Å². The number of hydrogen-bond donors (Lipinski definition) is 0. The summed E-state index contributed by atoms with van der Waals surface area (Å²) in [5.41, 5.74) is 0. The van der Waals surface area contributed by atoms with Gasteiger partial charge in [0.2, 0.25) is 0 Å². The molecule has 0 bridgehead atoms. The molecule has 2 nitrogen and oxygen atoms in total. The topological polar surface area (TPSA) is 9.23 Å². The van der Waals surface area contributed by atoms with E-state index in [-0.39, 0.29) is 0 Å². The lowest BCUT2D eigenvalue weighted by Gasteiger charge is -2.26. The molecule has 1 atom stereocenters. The standard InChI is InChI=1S/C8H15BrNO/c9-5-8-6-10(7-11-8)3-1-2-4-10/h8H,1-7H2/q+1. The maximum atomic E-state index is 5.67. The average Bonchev–Trinajstić information content (AvgIpc) is 2.62. The van der Waals surface area contributed by atoms with E-state index < -0.39 is 0 Å². The van der Waals surface area contributed by atoms with Crippen molar-refractivity contribution in [1.82, 2.24) is 0 Å². The van der Waals surface area contributed by atoms with E-state index in [2.05, 4.69) is 15.9 Å². The van der Waals surface area contributed by atoms with Gasteiger partial charge in [0, 0.05) is 18.2 Å². The highest BCUT2D eigenvalue weighted by atomic mass is 79.9. The van der Waals surface area contributed by atoms with Crippen molar-refractivity contribution in [2.75, 3.05) is 31.7 Å². The SMILES string of the molecule is BrCC1C[N+]2(CCCC2)CO1. The second-order valence-electron chi connectivity index (χ2n) is 3.75. The Labute approximate surface area is 76.2 Å². The van der Waals surface area contributed by atoms with Gasteiger partial charge in [-0.3, -0.25) is 4.48 Å². The van der Waals surface area contributed by atoms with Gasteiger partial charge < -0.3 is 4.74 Å². The Kier molecular flexibility index (Phi) is 2.21. The lowest BCUT2D eigenvalue weighted by Crippen LogP contribution is -2.43. The number of nitrogens with zero attached hydrogens (tertiary/aromatic N) is 1. The summed E-state index contributed by atoms with van der Waals surface area (Å²) in [5.74, 6) is 0. The van der Waals surface area contributed by atoms with Crippen LogP contribution in [0.4, 0.5) is 0 Å². The fourth-order valence-electron chi connectivity index (χ4n) is 2.21. The second-order valence-corrected chi connectivity index (χ2v) is 4.40. The van der Waals surface area contributed by atoms with Crippen LogP contribution < -0.4 is 0 Å². The van der Waals surface area contributed by atoms with Crippen LogP contribution in [0, 0.1) is 0 Å². The molecule has 0 aromatic carbocycles. The molecule has 3 heteroatoms. The van der Waals surface area contributed by atoms with E-state index in [4.69, 9.17) is 4.74 Å². The molecule has 2 fully saturated rings. The molecule has 2 saturated heterocycles. The first-order valence-corrected chi connectivity index (χ1v) is 5.49. The summed E-state index contributed by atoms with van der Waals surface area (Å²) < 4.78 is 6.91. The van der Waals surface area contributed by atoms with Crippen LogP contribution in [-0.4, -0.2) is 42.3 Å². The van der Waals surface area contributed by atoms with Crippen molar-refractivity contribution in [2.45, 2.75) is 18.9 Å². The molecule has 0 saturated carbocycles. The Hall–Kier alpha value is 0.400. The first-order valence-electron chi connectivity index (χ1n) is 4.37. The van der Waals surface area contributed by atoms with Gasteiger partial charge in [-0.25, -0.2) is 0 Å². The number of quaternary nitrogens is 1. The molecule has 0 aromatic heterocycles. The van der Waals surface area contributed by atoms with Gasteiger partial charge in [-0.15, -0.1) is 0 Å². The van der Waals surface area contributed by atoms with Gasteiger partial charge >= 0.3 is 0 Å². The van der Waals surface area contributed by atoms with E-state index >= 15 is 0 Å². The summed E-state index contributed by atoms with van der Waals surface area (Å²) in [5, 5.41) is 1.01. The Bertz CT molecular complexity index is 145. The summed E-state index contributed by atoms with van der Waals surface area (Å²) in [4.78, 5) is 0. The monoisotopic (exact) mass is 220 g/mol. The van der Waals surface area contributed by atoms with Gasteiger partial charge in [-0.05, 0) is 0 Å². The molecule has 0 radical (unpaired) electrons. The first-order chi connectivity index (χ1) is 5.35. The summed E-state index contributed by atoms with van der Waals surface area (Å²) >= 11 is 3.47. The second kappa shape index (κ2) is 3.04. The lowest BCUT2D eigenvalue weighted by atomic mass is 10.3. The Morgan fingerprint density at radius 1 is 1.36 bits per heavy atom. The number of halogens is 1. The quantitative estimate of drug-likeness (QED) is 0.479. The Balaban J connectivity index is 1.96. The summed E-state index contributed by atoms with van der Waals surface area (Å²) in [6, 6.07) is 0. The van der Waals surface area contributed by atoms with Crippen molar-refractivity contribution in [3.63, 3.8) is 0 Å². The zero-order valence-corrected chi connectivity index (χ0v) is 8.35. The maximum Gasteiger partial charge on any atom is 0.183 e. The average molecular weight is 221 g/mol. The highest BCUT2D eigenvalue weighted by Crippen LogP contribution is 2.26. The van der Waals surface area contributed by atoms with Crippen LogP contribution >= 0.6 is 15.9 Å². The van der Waals surface area contributed by atoms with Crippen LogP contribution in [0.5, 0.6) is 0 Å². The summed E-state index contributed by atoms with van der Waals surface area (Å²) in [6.07, 6.45) is 3.28. The lowest BCUT2D eigenvalue weighted by molar-refractivity contribution is -0.914. The predicted molar refractivity (Wildman–Crippen MR) is 47.6 cm³/mol. The minimum absolute atomic E-state index is 0.480. The molecule has 2 heterocycles. The van der Waals surface area contributed by atoms with E-state index in [9.17, 15) is 0 Å². The Morgan fingerprint density at radius 2 is 2.09 bits per heavy atom. The third-order valence-electron chi connectivity index (χ3n) is 2.86. The highest BCUT2D eigenvalue weighted by Gasteiger charge is 2.40. The first kappa shape index (κ1) is 8.02. The molecule has 0 N–H and O–H groups in total. The molecular weight excluding hydrogens is 206 g/mol. The zero-order chi connectivity index (χ0) is 7.73. The predicted octanol–water partition coefficient (Wildman–Crippen LogP) is 1.35. The fourth-order valence-corrected chi connectivity index (χ4v) is 2.60. The van der Waals surface area contributed by atoms with Crippen LogP contribution in [0.2, 0.25) is 0 Å². The smallest absolute Gasteiger partial charge is 0.183 e. The van der Waals surface area contributed by atoms with Crippen molar-refractivity contribution in [3.8, 4) is 0 Å². The number of rotatable bonds is 1. The summed E-state index contributed by atoms with van der Waals surface area (Å²) in [6.45, 7) is 4.91. The van der Waals surface area contributed by atoms with Gasteiger partial charge in [0.1, 0.15) is 12.6 Å². The molecule has 2 rings (SSSR count). The molecule has 0 aliphatic carbocycles. The van der Waals surface area contributed by atoms with Crippen molar-refractivity contribution < 1.29 is 9.22 Å². The van der Waals surface area contributed by atoms with E-state index in [0.717, 1.165) is 12.1 Å². The van der Waals surface area contributed by atoms with Gasteiger partial charge in [-0.1, -0.05) is 15.9 Å². The van der Waals surface area contributed by atoms with E-state index in [1.807, 2.05) is 0 Å². The minimum Gasteiger partial charge on any atom is -0.322 e. The van der Waals surface area contributed by atoms with Gasteiger partial charge in [0.25, 0.3) is 0 Å². The zero-order valence-electron chi connectivity index (χ0n) is 6.76. The largest absolute Gasteiger partial charge is 0.322 e. The van der Waals surface area contributed by atoms with Crippen molar-refractivity contribution in [1.29, 1.82) is 0 Å². The van der Waals surface area contributed by atoms with Gasteiger partial charge in [-0.2, -0.15) is 0 Å². The number of ether oxygens (including phenoxy) is 1. The van der Waals surface area contributed by atoms with Gasteiger partial charge in [0.05, 0.1) is 13.1 Å². The van der Waals surface area contributed by atoms with E-state index in [1.54, 1.807) is 0 Å². The highest BCUT2D eigenvalue weighted by molar-refractivity contribution is 9.09. The third kappa shape index (κ3) is 1.46. The van der Waals surface area contributed by atoms with Crippen LogP contribution in [0.1, 0.15) is 12.8 Å². The van der Waals surface area contributed by atoms with Crippen LogP contribution in [-0.2, 0) is 4.74 Å². The molecule has 11 heavy (non-hydrogen) atoms.